The number of hydrogen-bond acceptors (Lipinski definition) is 5. The second kappa shape index (κ2) is 7.14. The van der Waals surface area contributed by atoms with Crippen LogP contribution in [0.15, 0.2) is 28.3 Å². The van der Waals surface area contributed by atoms with E-state index in [-0.39, 0.29) is 6.03 Å². The molecular formula is C16H22N4O2S. The van der Waals surface area contributed by atoms with E-state index in [1.54, 1.807) is 16.7 Å². The first kappa shape index (κ1) is 16.0. The lowest BCUT2D eigenvalue weighted by Gasteiger charge is -2.23. The Bertz CT molecular complexity index is 634. The fourth-order valence-electron chi connectivity index (χ4n) is 2.34. The predicted octanol–water partition coefficient (Wildman–Crippen LogP) is 3.21. The van der Waals surface area contributed by atoms with Gasteiger partial charge >= 0.3 is 6.03 Å². The highest BCUT2D eigenvalue weighted by molar-refractivity contribution is 7.14. The molecule has 1 N–H and O–H groups in total. The van der Waals surface area contributed by atoms with Gasteiger partial charge in [0, 0.05) is 19.0 Å². The molecule has 1 aliphatic rings. The molecule has 0 aliphatic heterocycles. The Labute approximate surface area is 140 Å². The van der Waals surface area contributed by atoms with Gasteiger partial charge in [0.1, 0.15) is 10.8 Å². The lowest BCUT2D eigenvalue weighted by Crippen LogP contribution is -2.38. The standard InChI is InChI=1S/C16H22N4O2S/c1-19(2)7-8-20(10-13-4-3-9-22-13)16(21)18-15-14(12-5-6-12)17-11-23-15/h3-4,9,11-12H,5-8,10H2,1-2H3,(H,18,21). The highest BCUT2D eigenvalue weighted by Crippen LogP contribution is 2.43. The van der Waals surface area contributed by atoms with Gasteiger partial charge in [-0.05, 0) is 39.1 Å². The fraction of sp³-hybridized carbons (Fsp3) is 0.500. The maximum absolute atomic E-state index is 12.7. The fourth-order valence-corrected chi connectivity index (χ4v) is 3.09. The molecule has 7 heteroatoms. The molecular weight excluding hydrogens is 312 g/mol. The van der Waals surface area contributed by atoms with Crippen molar-refractivity contribution in [2.45, 2.75) is 25.3 Å². The molecule has 1 saturated carbocycles. The van der Waals surface area contributed by atoms with Crippen LogP contribution in [0.5, 0.6) is 0 Å². The van der Waals surface area contributed by atoms with Crippen LogP contribution in [-0.2, 0) is 6.54 Å². The largest absolute Gasteiger partial charge is 0.467 e. The molecule has 3 rings (SSSR count). The van der Waals surface area contributed by atoms with E-state index in [9.17, 15) is 4.79 Å². The summed E-state index contributed by atoms with van der Waals surface area (Å²) in [4.78, 5) is 20.9. The van der Waals surface area contributed by atoms with Gasteiger partial charge in [-0.1, -0.05) is 0 Å². The maximum atomic E-state index is 12.7. The zero-order chi connectivity index (χ0) is 16.2. The van der Waals surface area contributed by atoms with Crippen LogP contribution in [0.25, 0.3) is 0 Å². The van der Waals surface area contributed by atoms with Gasteiger partial charge in [-0.15, -0.1) is 11.3 Å². The molecule has 0 aromatic carbocycles. The first-order valence-electron chi connectivity index (χ1n) is 7.80. The van der Waals surface area contributed by atoms with Gasteiger partial charge in [0.25, 0.3) is 0 Å². The SMILES string of the molecule is CN(C)CCN(Cc1ccco1)C(=O)Nc1scnc1C1CC1. The number of rotatable bonds is 7. The summed E-state index contributed by atoms with van der Waals surface area (Å²) in [6.07, 6.45) is 3.97. The summed E-state index contributed by atoms with van der Waals surface area (Å²) in [7, 11) is 3.99. The number of amides is 2. The molecule has 2 heterocycles. The first-order chi connectivity index (χ1) is 11.1. The van der Waals surface area contributed by atoms with Gasteiger partial charge in [0.15, 0.2) is 0 Å². The molecule has 2 amide bonds. The monoisotopic (exact) mass is 334 g/mol. The van der Waals surface area contributed by atoms with Crippen molar-refractivity contribution in [2.75, 3.05) is 32.5 Å². The molecule has 6 nitrogen and oxygen atoms in total. The molecule has 1 fully saturated rings. The van der Waals surface area contributed by atoms with Crippen molar-refractivity contribution in [3.63, 3.8) is 0 Å². The molecule has 0 saturated heterocycles. The summed E-state index contributed by atoms with van der Waals surface area (Å²) in [5.41, 5.74) is 2.84. The number of nitrogens with zero attached hydrogens (tertiary/aromatic N) is 3. The van der Waals surface area contributed by atoms with Gasteiger partial charge in [-0.2, -0.15) is 0 Å². The number of furan rings is 1. The molecule has 124 valence electrons. The highest BCUT2D eigenvalue weighted by atomic mass is 32.1. The second-order valence-electron chi connectivity index (χ2n) is 6.08. The number of urea groups is 1. The van der Waals surface area contributed by atoms with Crippen LogP contribution < -0.4 is 5.32 Å². The quantitative estimate of drug-likeness (QED) is 0.844. The van der Waals surface area contributed by atoms with E-state index in [0.29, 0.717) is 19.0 Å². The van der Waals surface area contributed by atoms with Crippen molar-refractivity contribution in [1.29, 1.82) is 0 Å². The molecule has 0 bridgehead atoms. The topological polar surface area (TPSA) is 61.6 Å². The summed E-state index contributed by atoms with van der Waals surface area (Å²) >= 11 is 1.49. The Hall–Kier alpha value is -1.86. The zero-order valence-corrected chi connectivity index (χ0v) is 14.3. The number of thiazole rings is 1. The zero-order valence-electron chi connectivity index (χ0n) is 13.5. The van der Waals surface area contributed by atoms with Crippen LogP contribution in [0.3, 0.4) is 0 Å². The number of likely N-dealkylation sites (N-methyl/N-ethyl adjacent to an activating group) is 1. The number of nitrogens with one attached hydrogen (secondary N) is 1. The summed E-state index contributed by atoms with van der Waals surface area (Å²) in [6.45, 7) is 1.90. The molecule has 23 heavy (non-hydrogen) atoms. The van der Waals surface area contributed by atoms with Crippen LogP contribution in [0.4, 0.5) is 9.80 Å². The number of aromatic nitrogens is 1. The van der Waals surface area contributed by atoms with E-state index in [0.717, 1.165) is 23.0 Å². The van der Waals surface area contributed by atoms with Crippen LogP contribution in [0, 0.1) is 0 Å². The first-order valence-corrected chi connectivity index (χ1v) is 8.68. The third-order valence-electron chi connectivity index (χ3n) is 3.81. The smallest absolute Gasteiger partial charge is 0.322 e. The normalized spacial score (nSPS) is 14.2. The summed E-state index contributed by atoms with van der Waals surface area (Å²) < 4.78 is 5.38. The van der Waals surface area contributed by atoms with E-state index in [1.165, 1.54) is 24.2 Å². The Morgan fingerprint density at radius 3 is 2.91 bits per heavy atom. The number of carbonyl (C=O) groups excluding carboxylic acids is 1. The molecule has 0 atom stereocenters. The third-order valence-corrected chi connectivity index (χ3v) is 4.57. The number of carbonyl (C=O) groups is 1. The van der Waals surface area contributed by atoms with Crippen molar-refractivity contribution in [1.82, 2.24) is 14.8 Å². The molecule has 2 aromatic rings. The average Bonchev–Trinajstić information content (AvgIpc) is 3.04. The van der Waals surface area contributed by atoms with Gasteiger partial charge in [0.05, 0.1) is 24.0 Å². The second-order valence-corrected chi connectivity index (χ2v) is 6.93. The highest BCUT2D eigenvalue weighted by Gasteiger charge is 2.29. The summed E-state index contributed by atoms with van der Waals surface area (Å²) in [5.74, 6) is 1.31. The van der Waals surface area contributed by atoms with E-state index in [1.807, 2.05) is 26.2 Å². The van der Waals surface area contributed by atoms with Crippen LogP contribution in [-0.4, -0.2) is 48.0 Å². The number of hydrogen-bond donors (Lipinski definition) is 1. The van der Waals surface area contributed by atoms with Gasteiger partial charge < -0.3 is 14.2 Å². The van der Waals surface area contributed by atoms with Gasteiger partial charge in [-0.3, -0.25) is 5.32 Å². The van der Waals surface area contributed by atoms with Crippen molar-refractivity contribution in [3.8, 4) is 0 Å². The van der Waals surface area contributed by atoms with Crippen molar-refractivity contribution in [3.05, 3.63) is 35.4 Å². The minimum atomic E-state index is -0.102. The minimum Gasteiger partial charge on any atom is -0.467 e. The lowest BCUT2D eigenvalue weighted by atomic mass is 10.3. The molecule has 0 spiro atoms. The van der Waals surface area contributed by atoms with E-state index in [2.05, 4.69) is 15.2 Å². The predicted molar refractivity (Wildman–Crippen MR) is 90.8 cm³/mol. The van der Waals surface area contributed by atoms with Crippen molar-refractivity contribution in [2.24, 2.45) is 0 Å². The van der Waals surface area contributed by atoms with Crippen LogP contribution in [0.1, 0.15) is 30.2 Å². The van der Waals surface area contributed by atoms with Gasteiger partial charge in [0.2, 0.25) is 0 Å². The Kier molecular flexibility index (Phi) is 4.97. The summed E-state index contributed by atoms with van der Waals surface area (Å²) in [5, 5.41) is 3.91. The minimum absolute atomic E-state index is 0.102. The summed E-state index contributed by atoms with van der Waals surface area (Å²) in [6, 6.07) is 3.62. The molecule has 0 unspecified atom stereocenters. The Morgan fingerprint density at radius 1 is 1.43 bits per heavy atom. The molecule has 1 aliphatic carbocycles. The van der Waals surface area contributed by atoms with Crippen LogP contribution >= 0.6 is 11.3 Å². The van der Waals surface area contributed by atoms with Crippen molar-refractivity contribution < 1.29 is 9.21 Å². The third kappa shape index (κ3) is 4.33. The Morgan fingerprint density at radius 2 is 2.26 bits per heavy atom. The van der Waals surface area contributed by atoms with E-state index in [4.69, 9.17) is 4.42 Å². The molecule has 2 aromatic heterocycles. The van der Waals surface area contributed by atoms with Crippen LogP contribution in [0.2, 0.25) is 0 Å². The lowest BCUT2D eigenvalue weighted by molar-refractivity contribution is 0.197. The van der Waals surface area contributed by atoms with E-state index >= 15 is 0 Å². The van der Waals surface area contributed by atoms with E-state index < -0.39 is 0 Å². The maximum Gasteiger partial charge on any atom is 0.322 e. The average molecular weight is 334 g/mol. The van der Waals surface area contributed by atoms with Crippen molar-refractivity contribution >= 4 is 22.4 Å². The molecule has 0 radical (unpaired) electrons. The van der Waals surface area contributed by atoms with Gasteiger partial charge in [-0.25, -0.2) is 9.78 Å². The number of anilines is 1. The Balaban J connectivity index is 1.66.